The molecule has 0 amide bonds. The summed E-state index contributed by atoms with van der Waals surface area (Å²) in [6, 6.07) is 3.18. The fraction of sp³-hybridized carbons (Fsp3) is 0.400. The number of hydrogen-bond donors (Lipinski definition) is 4. The Hall–Kier alpha value is -1.17. The molecule has 0 aliphatic heterocycles. The molecule has 5 heteroatoms. The maximum atomic E-state index is 12.9. The molecule has 0 fully saturated rings. The minimum atomic E-state index is -1.24. The first-order valence-corrected chi connectivity index (χ1v) is 4.60. The van der Waals surface area contributed by atoms with Gasteiger partial charge < -0.3 is 21.1 Å². The van der Waals surface area contributed by atoms with Gasteiger partial charge in [-0.25, -0.2) is 4.39 Å². The van der Waals surface area contributed by atoms with E-state index in [9.17, 15) is 14.6 Å². The molecule has 1 rings (SSSR count). The van der Waals surface area contributed by atoms with E-state index in [4.69, 9.17) is 10.8 Å². The second kappa shape index (κ2) is 5.06. The lowest BCUT2D eigenvalue weighted by atomic mass is 10.0. The van der Waals surface area contributed by atoms with Crippen molar-refractivity contribution in [1.82, 2.24) is 0 Å². The number of phenols is 1. The van der Waals surface area contributed by atoms with Gasteiger partial charge in [0.2, 0.25) is 0 Å². The molecule has 15 heavy (non-hydrogen) atoms. The Morgan fingerprint density at radius 1 is 1.27 bits per heavy atom. The van der Waals surface area contributed by atoms with Gasteiger partial charge in [0.25, 0.3) is 0 Å². The predicted molar refractivity (Wildman–Crippen MR) is 52.7 cm³/mol. The SMILES string of the molecule is NCCC(O)C(O)c1cc(O)cc(F)c1. The second-order valence-corrected chi connectivity index (χ2v) is 3.33. The van der Waals surface area contributed by atoms with Crippen LogP contribution in [0.5, 0.6) is 5.75 Å². The van der Waals surface area contributed by atoms with Crippen molar-refractivity contribution in [1.29, 1.82) is 0 Å². The van der Waals surface area contributed by atoms with Gasteiger partial charge in [-0.15, -0.1) is 0 Å². The van der Waals surface area contributed by atoms with Gasteiger partial charge >= 0.3 is 0 Å². The van der Waals surface area contributed by atoms with E-state index >= 15 is 0 Å². The minimum Gasteiger partial charge on any atom is -0.508 e. The van der Waals surface area contributed by atoms with Crippen molar-refractivity contribution < 1.29 is 19.7 Å². The van der Waals surface area contributed by atoms with Crippen LogP contribution in [-0.2, 0) is 0 Å². The lowest BCUT2D eigenvalue weighted by Crippen LogP contribution is -2.21. The Kier molecular flexibility index (Phi) is 4.02. The van der Waals surface area contributed by atoms with E-state index in [1.54, 1.807) is 0 Å². The van der Waals surface area contributed by atoms with Crippen molar-refractivity contribution in [3.05, 3.63) is 29.6 Å². The van der Waals surface area contributed by atoms with E-state index in [-0.39, 0.29) is 24.3 Å². The summed E-state index contributed by atoms with van der Waals surface area (Å²) in [6.45, 7) is 0.222. The first-order chi connectivity index (χ1) is 7.04. The number of rotatable bonds is 4. The highest BCUT2D eigenvalue weighted by molar-refractivity contribution is 5.30. The number of hydrogen-bond acceptors (Lipinski definition) is 4. The number of phenolic OH excluding ortho intramolecular Hbond substituents is 1. The Morgan fingerprint density at radius 2 is 1.93 bits per heavy atom. The molecule has 4 nitrogen and oxygen atoms in total. The molecule has 0 aromatic heterocycles. The van der Waals surface area contributed by atoms with Gasteiger partial charge in [0.15, 0.2) is 0 Å². The molecule has 0 aliphatic rings. The molecule has 1 aromatic rings. The number of aliphatic hydroxyl groups is 2. The molecular weight excluding hydrogens is 201 g/mol. The third-order valence-electron chi connectivity index (χ3n) is 2.07. The summed E-state index contributed by atoms with van der Waals surface area (Å²) in [5.74, 6) is -0.951. The number of halogens is 1. The number of aliphatic hydroxyl groups excluding tert-OH is 2. The smallest absolute Gasteiger partial charge is 0.127 e. The van der Waals surface area contributed by atoms with E-state index < -0.39 is 18.0 Å². The maximum absolute atomic E-state index is 12.9. The zero-order valence-corrected chi connectivity index (χ0v) is 8.10. The number of nitrogens with two attached hydrogens (primary N) is 1. The molecule has 84 valence electrons. The summed E-state index contributed by atoms with van der Waals surface area (Å²) in [4.78, 5) is 0. The molecule has 2 unspecified atom stereocenters. The van der Waals surface area contributed by atoms with Crippen LogP contribution in [0.3, 0.4) is 0 Å². The quantitative estimate of drug-likeness (QED) is 0.581. The van der Waals surface area contributed by atoms with Crippen LogP contribution in [0, 0.1) is 5.82 Å². The normalized spacial score (nSPS) is 14.9. The van der Waals surface area contributed by atoms with E-state index in [1.165, 1.54) is 6.07 Å². The average Bonchev–Trinajstić information content (AvgIpc) is 2.15. The van der Waals surface area contributed by atoms with Crippen LogP contribution in [0.25, 0.3) is 0 Å². The summed E-state index contributed by atoms with van der Waals surface area (Å²) in [6.07, 6.45) is -2.09. The van der Waals surface area contributed by atoms with Crippen molar-refractivity contribution in [3.8, 4) is 5.75 Å². The van der Waals surface area contributed by atoms with E-state index in [2.05, 4.69) is 0 Å². The van der Waals surface area contributed by atoms with Crippen molar-refractivity contribution in [2.45, 2.75) is 18.6 Å². The standard InChI is InChI=1S/C10H14FNO3/c11-7-3-6(4-8(13)5-7)10(15)9(14)1-2-12/h3-5,9-10,13-15H,1-2,12H2. The van der Waals surface area contributed by atoms with E-state index in [0.29, 0.717) is 0 Å². The van der Waals surface area contributed by atoms with Crippen LogP contribution in [0.4, 0.5) is 4.39 Å². The van der Waals surface area contributed by atoms with Gasteiger partial charge in [-0.1, -0.05) is 0 Å². The first kappa shape index (κ1) is 11.9. The van der Waals surface area contributed by atoms with Crippen molar-refractivity contribution in [3.63, 3.8) is 0 Å². The summed E-state index contributed by atoms with van der Waals surface area (Å²) >= 11 is 0. The molecule has 0 spiro atoms. The van der Waals surface area contributed by atoms with Crippen LogP contribution >= 0.6 is 0 Å². The zero-order chi connectivity index (χ0) is 11.4. The molecule has 2 atom stereocenters. The molecule has 0 saturated carbocycles. The summed E-state index contributed by atoms with van der Waals surface area (Å²) < 4.78 is 12.9. The lowest BCUT2D eigenvalue weighted by Gasteiger charge is -2.17. The molecule has 0 saturated heterocycles. The molecule has 0 aliphatic carbocycles. The molecular formula is C10H14FNO3. The van der Waals surface area contributed by atoms with Crippen molar-refractivity contribution in [2.24, 2.45) is 5.73 Å². The zero-order valence-electron chi connectivity index (χ0n) is 8.10. The van der Waals surface area contributed by atoms with Gasteiger partial charge in [0.1, 0.15) is 17.7 Å². The molecule has 0 bridgehead atoms. The summed E-state index contributed by atoms with van der Waals surface area (Å²) in [5.41, 5.74) is 5.34. The highest BCUT2D eigenvalue weighted by atomic mass is 19.1. The third kappa shape index (κ3) is 3.16. The fourth-order valence-corrected chi connectivity index (χ4v) is 1.32. The van der Waals surface area contributed by atoms with Crippen LogP contribution in [0.1, 0.15) is 18.1 Å². The van der Waals surface area contributed by atoms with Gasteiger partial charge in [-0.2, -0.15) is 0 Å². The van der Waals surface area contributed by atoms with Crippen LogP contribution < -0.4 is 5.73 Å². The highest BCUT2D eigenvalue weighted by Crippen LogP contribution is 2.23. The Balaban J connectivity index is 2.85. The van der Waals surface area contributed by atoms with Gasteiger partial charge in [0.05, 0.1) is 6.10 Å². The Bertz CT molecular complexity index is 312. The van der Waals surface area contributed by atoms with E-state index in [0.717, 1.165) is 12.1 Å². The van der Waals surface area contributed by atoms with Crippen LogP contribution in [0.2, 0.25) is 0 Å². The molecule has 0 heterocycles. The van der Waals surface area contributed by atoms with Crippen LogP contribution in [0.15, 0.2) is 18.2 Å². The van der Waals surface area contributed by atoms with Crippen molar-refractivity contribution in [2.75, 3.05) is 6.54 Å². The van der Waals surface area contributed by atoms with Gasteiger partial charge in [-0.05, 0) is 30.7 Å². The topological polar surface area (TPSA) is 86.7 Å². The average molecular weight is 215 g/mol. The minimum absolute atomic E-state index is 0.133. The monoisotopic (exact) mass is 215 g/mol. The molecule has 5 N–H and O–H groups in total. The maximum Gasteiger partial charge on any atom is 0.127 e. The summed E-state index contributed by atoms with van der Waals surface area (Å²) in [5, 5.41) is 28.1. The molecule has 1 aromatic carbocycles. The van der Waals surface area contributed by atoms with Gasteiger partial charge in [0, 0.05) is 6.07 Å². The van der Waals surface area contributed by atoms with Crippen LogP contribution in [-0.4, -0.2) is 28.0 Å². The van der Waals surface area contributed by atoms with E-state index in [1.807, 2.05) is 0 Å². The highest BCUT2D eigenvalue weighted by Gasteiger charge is 2.18. The fourth-order valence-electron chi connectivity index (χ4n) is 1.32. The second-order valence-electron chi connectivity index (χ2n) is 3.33. The number of benzene rings is 1. The Labute approximate surface area is 86.8 Å². The number of aromatic hydroxyl groups is 1. The molecule has 0 radical (unpaired) electrons. The summed E-state index contributed by atoms with van der Waals surface area (Å²) in [7, 11) is 0. The van der Waals surface area contributed by atoms with Gasteiger partial charge in [-0.3, -0.25) is 0 Å². The predicted octanol–water partition coefficient (Wildman–Crippen LogP) is 0.274. The lowest BCUT2D eigenvalue weighted by molar-refractivity contribution is 0.0147. The first-order valence-electron chi connectivity index (χ1n) is 4.60. The third-order valence-corrected chi connectivity index (χ3v) is 2.07. The largest absolute Gasteiger partial charge is 0.508 e. The Morgan fingerprint density at radius 3 is 2.47 bits per heavy atom. The van der Waals surface area contributed by atoms with Crippen molar-refractivity contribution >= 4 is 0 Å².